The van der Waals surface area contributed by atoms with Crippen LogP contribution >= 0.6 is 45.2 Å². The van der Waals surface area contributed by atoms with E-state index >= 15 is 0 Å². The summed E-state index contributed by atoms with van der Waals surface area (Å²) in [6, 6.07) is 11.3. The lowest BCUT2D eigenvalue weighted by atomic mass is 9.94. The third-order valence-corrected chi connectivity index (χ3v) is 17.3. The predicted octanol–water partition coefficient (Wildman–Crippen LogP) is 3.20. The molecule has 6 amide bonds. The summed E-state index contributed by atoms with van der Waals surface area (Å²) in [6.07, 6.45) is 8.39. The van der Waals surface area contributed by atoms with Crippen LogP contribution in [0.25, 0.3) is 10.4 Å². The number of carbonyl (C=O) groups excluding carboxylic acids is 6. The van der Waals surface area contributed by atoms with Crippen LogP contribution in [0.4, 0.5) is 0 Å². The lowest BCUT2D eigenvalue weighted by molar-refractivity contribution is -0.219. The van der Waals surface area contributed by atoms with Gasteiger partial charge in [0.05, 0.1) is 49.7 Å². The molecule has 12 atom stereocenters. The number of azide groups is 1. The summed E-state index contributed by atoms with van der Waals surface area (Å²) in [4.78, 5) is 82.6. The number of ether oxygens (including phenoxy) is 2. The lowest BCUT2D eigenvalue weighted by Gasteiger charge is -2.42. The Morgan fingerprint density at radius 1 is 0.733 bits per heavy atom. The van der Waals surface area contributed by atoms with E-state index in [0.717, 1.165) is 84.2 Å². The van der Waals surface area contributed by atoms with Gasteiger partial charge in [0.1, 0.15) is 60.4 Å². The van der Waals surface area contributed by atoms with Crippen molar-refractivity contribution in [2.24, 2.45) is 17.0 Å². The molecule has 10 N–H and O–H groups in total. The van der Waals surface area contributed by atoms with Crippen LogP contribution in [-0.4, -0.2) is 191 Å². The van der Waals surface area contributed by atoms with Crippen LogP contribution in [0.15, 0.2) is 59.8 Å². The Bertz CT molecular complexity index is 2790. The third-order valence-electron chi connectivity index (χ3n) is 15.4. The minimum Gasteiger partial charge on any atom is -0.394 e. The van der Waals surface area contributed by atoms with Gasteiger partial charge in [-0.1, -0.05) is 92.9 Å². The number of carbonyl (C=O) groups is 6. The SMILES string of the molecule is C#CCN(C(=O)c1ccccc1I)C(C(=O)NCCCC)C1CCCC1.CC(=O)NC1C(N=[N+]=[N-])OC(CO)C(O)C1O.CCCCNC(=O)C(C1CCCC1)N(Cc1cn(C2OC(CO)C(O)C(O)C2NC(C)=O)nn1)C(=O)c1ccccc1I. The van der Waals surface area contributed by atoms with E-state index in [0.29, 0.717) is 29.9 Å². The number of benzene rings is 2. The summed E-state index contributed by atoms with van der Waals surface area (Å²) in [7, 11) is 0. The van der Waals surface area contributed by atoms with Gasteiger partial charge in [-0.25, -0.2) is 4.68 Å². The number of nitrogens with one attached hydrogen (secondary N) is 4. The van der Waals surface area contributed by atoms with Gasteiger partial charge >= 0.3 is 0 Å². The first kappa shape index (κ1) is 71.2. The van der Waals surface area contributed by atoms with E-state index in [9.17, 15) is 54.3 Å². The fourth-order valence-corrected chi connectivity index (χ4v) is 12.3. The maximum atomic E-state index is 14.2. The fourth-order valence-electron chi connectivity index (χ4n) is 11.1. The highest BCUT2D eigenvalue weighted by Gasteiger charge is 2.47. The summed E-state index contributed by atoms with van der Waals surface area (Å²) in [5.74, 6) is 1.09. The van der Waals surface area contributed by atoms with E-state index in [-0.39, 0.29) is 48.6 Å². The van der Waals surface area contributed by atoms with Crippen molar-refractivity contribution in [3.05, 3.63) is 89.1 Å². The number of aliphatic hydroxyl groups excluding tert-OH is 6. The zero-order valence-electron chi connectivity index (χ0n) is 48.9. The average Bonchev–Trinajstić information content (AvgIpc) is 3.97. The molecule has 2 saturated carbocycles. The maximum absolute atomic E-state index is 14.2. The number of aromatic nitrogens is 3. The van der Waals surface area contributed by atoms with Crippen LogP contribution < -0.4 is 21.3 Å². The molecule has 7 rings (SSSR count). The van der Waals surface area contributed by atoms with Crippen LogP contribution in [-0.2, 0) is 35.2 Å². The Balaban J connectivity index is 0.000000265. The number of aliphatic hydroxyl groups is 6. The standard InChI is InChI=1S/C29H41IN6O7.C21H27IN2O2.C8H14N4O5/c1-3-4-13-31-27(41)24(18-9-5-6-10-18)35(28(42)20-11-7-8-12-21(20)30)14-19-15-36(34-33-19)29-23(32-17(2)38)26(40)25(39)22(16-37)43-29;1-3-5-14-23-20(25)19(16-10-6-7-11-16)24(15-4-2)21(26)17-12-8-9-13-18(17)22;1-3(14)10-5-7(16)6(15)4(2-13)17-8(5)11-12-9/h7-8,11-12,15,18,22-26,29,37,39-40H,3-6,9-10,13-14,16H2,1-2H3,(H,31,41)(H,32,38);2,8-9,12-13,16,19H,3,5-7,10-11,14-15H2,1H3,(H,23,25);4-8,13,15-16H,2H2,1H3,(H,10,14). The average molecular weight is 1430 g/mol. The molecule has 3 heterocycles. The molecular formula is C58H82I2N12O14. The number of amides is 6. The van der Waals surface area contributed by atoms with Crippen molar-refractivity contribution in [2.75, 3.05) is 32.8 Å². The summed E-state index contributed by atoms with van der Waals surface area (Å²) in [5.41, 5.74) is 9.78. The van der Waals surface area contributed by atoms with Crippen molar-refractivity contribution in [3.63, 3.8) is 0 Å². The maximum Gasteiger partial charge on any atom is 0.256 e. The smallest absolute Gasteiger partial charge is 0.256 e. The number of terminal acetylenes is 1. The molecule has 1 aromatic heterocycles. The minimum atomic E-state index is -1.45. The van der Waals surface area contributed by atoms with E-state index in [2.05, 4.69) is 99.6 Å². The third kappa shape index (κ3) is 19.5. The van der Waals surface area contributed by atoms with Crippen molar-refractivity contribution in [1.82, 2.24) is 46.1 Å². The number of nitrogens with zero attached hydrogens (tertiary/aromatic N) is 8. The molecule has 0 radical (unpaired) electrons. The molecule has 12 unspecified atom stereocenters. The first-order valence-corrected chi connectivity index (χ1v) is 31.3. The zero-order chi connectivity index (χ0) is 63.0. The van der Waals surface area contributed by atoms with Gasteiger partial charge < -0.3 is 71.2 Å². The molecule has 2 aliphatic carbocycles. The van der Waals surface area contributed by atoms with E-state index in [1.807, 2.05) is 37.3 Å². The van der Waals surface area contributed by atoms with Crippen LogP contribution in [0, 0.1) is 31.3 Å². The quantitative estimate of drug-likeness (QED) is 0.0163. The van der Waals surface area contributed by atoms with Crippen molar-refractivity contribution in [2.45, 2.75) is 185 Å². The minimum absolute atomic E-state index is 0.0187. The monoisotopic (exact) mass is 1420 g/mol. The van der Waals surface area contributed by atoms with E-state index in [1.165, 1.54) is 24.7 Å². The van der Waals surface area contributed by atoms with Gasteiger partial charge in [0, 0.05) is 39.0 Å². The van der Waals surface area contributed by atoms with Gasteiger partial charge in [0.2, 0.25) is 23.6 Å². The highest BCUT2D eigenvalue weighted by atomic mass is 127. The number of rotatable bonds is 23. The van der Waals surface area contributed by atoms with E-state index in [1.54, 1.807) is 28.0 Å². The van der Waals surface area contributed by atoms with Gasteiger partial charge in [0.25, 0.3) is 11.8 Å². The first-order chi connectivity index (χ1) is 41.3. The summed E-state index contributed by atoms with van der Waals surface area (Å²) in [5, 5.41) is 81.7. The molecule has 28 heteroatoms. The highest BCUT2D eigenvalue weighted by molar-refractivity contribution is 14.1. The van der Waals surface area contributed by atoms with Gasteiger partial charge in [0.15, 0.2) is 12.5 Å². The molecule has 2 saturated heterocycles. The molecule has 86 heavy (non-hydrogen) atoms. The number of hydrogen-bond donors (Lipinski definition) is 10. The molecule has 472 valence electrons. The second-order valence-corrected chi connectivity index (χ2v) is 23.9. The molecule has 2 aliphatic heterocycles. The Kier molecular flexibility index (Phi) is 29.8. The van der Waals surface area contributed by atoms with Crippen molar-refractivity contribution < 1.29 is 68.9 Å². The van der Waals surface area contributed by atoms with Gasteiger partial charge in [-0.15, -0.1) is 11.5 Å². The molecule has 4 aliphatic rings. The molecule has 0 bridgehead atoms. The van der Waals surface area contributed by atoms with Gasteiger partial charge in [-0.05, 0) is 125 Å². The van der Waals surface area contributed by atoms with E-state index < -0.39 is 98.3 Å². The largest absolute Gasteiger partial charge is 0.394 e. The van der Waals surface area contributed by atoms with Crippen LogP contribution in [0.2, 0.25) is 0 Å². The van der Waals surface area contributed by atoms with Crippen LogP contribution in [0.5, 0.6) is 0 Å². The van der Waals surface area contributed by atoms with Crippen molar-refractivity contribution in [3.8, 4) is 12.3 Å². The van der Waals surface area contributed by atoms with Gasteiger partial charge in [-0.3, -0.25) is 28.8 Å². The Labute approximate surface area is 528 Å². The van der Waals surface area contributed by atoms with Crippen molar-refractivity contribution >= 4 is 80.6 Å². The number of halogens is 2. The predicted molar refractivity (Wildman–Crippen MR) is 331 cm³/mol. The fraction of sp³-hybridized carbons (Fsp3) is 0.621. The lowest BCUT2D eigenvalue weighted by Crippen LogP contribution is -2.63. The summed E-state index contributed by atoms with van der Waals surface area (Å²) < 4.78 is 13.8. The first-order valence-electron chi connectivity index (χ1n) is 29.1. The number of hydrogen-bond acceptors (Lipinski definition) is 17. The summed E-state index contributed by atoms with van der Waals surface area (Å²) >= 11 is 4.27. The zero-order valence-corrected chi connectivity index (χ0v) is 53.2. The Hall–Kier alpha value is -5.59. The topological polar surface area (TPSA) is 376 Å². The second-order valence-electron chi connectivity index (χ2n) is 21.6. The van der Waals surface area contributed by atoms with Gasteiger partial charge in [-0.2, -0.15) is 0 Å². The normalized spacial score (nSPS) is 24.4. The van der Waals surface area contributed by atoms with E-state index in [4.69, 9.17) is 26.5 Å². The molecule has 2 aromatic carbocycles. The van der Waals surface area contributed by atoms with Crippen LogP contribution in [0.3, 0.4) is 0 Å². The molecule has 3 aromatic rings. The molecule has 26 nitrogen and oxygen atoms in total. The highest BCUT2D eigenvalue weighted by Crippen LogP contribution is 2.35. The Morgan fingerprint density at radius 3 is 1.64 bits per heavy atom. The van der Waals surface area contributed by atoms with Crippen LogP contribution in [0.1, 0.15) is 137 Å². The molecule has 0 spiro atoms. The molecule has 4 fully saturated rings. The Morgan fingerprint density at radius 2 is 1.19 bits per heavy atom. The summed E-state index contributed by atoms with van der Waals surface area (Å²) in [6.45, 7) is 6.78. The second kappa shape index (κ2) is 36.0. The van der Waals surface area contributed by atoms with Crippen molar-refractivity contribution in [1.29, 1.82) is 0 Å². The molecular weight excluding hydrogens is 1340 g/mol. The number of unbranched alkanes of at least 4 members (excludes halogenated alkanes) is 2.